The molecule has 101 valence electrons. The lowest BCUT2D eigenvalue weighted by atomic mass is 10.2. The molecule has 0 aliphatic carbocycles. The maximum Gasteiger partial charge on any atom is 0.388 e. The van der Waals surface area contributed by atoms with Crippen molar-refractivity contribution < 1.29 is 9.90 Å². The highest BCUT2D eigenvalue weighted by atomic mass is 32.1. The summed E-state index contributed by atoms with van der Waals surface area (Å²) in [5, 5.41) is 11.4. The summed E-state index contributed by atoms with van der Waals surface area (Å²) >= 11 is 1.74. The number of carbonyl (C=O) groups is 1. The summed E-state index contributed by atoms with van der Waals surface area (Å²) < 4.78 is 1.28. The van der Waals surface area contributed by atoms with E-state index in [1.807, 2.05) is 25.1 Å². The van der Waals surface area contributed by atoms with Crippen molar-refractivity contribution in [2.24, 2.45) is 0 Å². The Hall–Kier alpha value is -2.40. The molecule has 0 amide bonds. The van der Waals surface area contributed by atoms with E-state index in [1.165, 1.54) is 16.8 Å². The van der Waals surface area contributed by atoms with Crippen molar-refractivity contribution in [1.29, 1.82) is 0 Å². The number of aromatic nitrogens is 1. The third-order valence-corrected chi connectivity index (χ3v) is 3.53. The van der Waals surface area contributed by atoms with E-state index in [0.29, 0.717) is 0 Å². The number of nitrogens with two attached hydrogens (primary N) is 1. The van der Waals surface area contributed by atoms with E-state index in [2.05, 4.69) is 11.1 Å². The van der Waals surface area contributed by atoms with Crippen LogP contribution in [-0.2, 0) is 5.11 Å². The van der Waals surface area contributed by atoms with Gasteiger partial charge >= 0.3 is 5.97 Å². The monoisotopic (exact) mass is 285 g/mol. The number of benzene rings is 2. The molecule has 4 nitrogen and oxygen atoms in total. The molecule has 3 aromatic rings. The maximum atomic E-state index is 10.2. The van der Waals surface area contributed by atoms with Crippen LogP contribution in [0, 0.1) is 6.92 Å². The fourth-order valence-electron chi connectivity index (χ4n) is 1.67. The second-order valence-electron chi connectivity index (χ2n) is 4.08. The van der Waals surface area contributed by atoms with Gasteiger partial charge in [-0.05, 0) is 31.2 Å². The molecule has 1 aromatic heterocycles. The molecular weight excluding hydrogens is 272 g/mol. The Morgan fingerprint density at radius 1 is 1.10 bits per heavy atom. The normalized spacial score (nSPS) is 9.85. The van der Waals surface area contributed by atoms with Crippen molar-refractivity contribution >= 4 is 33.2 Å². The third-order valence-electron chi connectivity index (χ3n) is 2.58. The van der Waals surface area contributed by atoms with Crippen LogP contribution in [-0.4, -0.2) is 11.0 Å². The molecular formula is C15H13N2O2S. The topological polar surface area (TPSA) is 75.9 Å². The largest absolute Gasteiger partial charge is 0.398 e. The van der Waals surface area contributed by atoms with Gasteiger partial charge < -0.3 is 5.73 Å². The molecule has 20 heavy (non-hydrogen) atoms. The fourth-order valence-corrected chi connectivity index (χ4v) is 2.50. The number of aryl methyl sites for hydroxylation is 1. The minimum absolute atomic E-state index is 0.0440. The lowest BCUT2D eigenvalue weighted by Crippen LogP contribution is -1.99. The molecule has 0 atom stereocenters. The van der Waals surface area contributed by atoms with E-state index in [4.69, 9.17) is 5.73 Å². The van der Waals surface area contributed by atoms with Gasteiger partial charge in [-0.25, -0.2) is 14.9 Å². The van der Waals surface area contributed by atoms with Gasteiger partial charge in [-0.15, -0.1) is 11.3 Å². The van der Waals surface area contributed by atoms with Crippen LogP contribution in [0.3, 0.4) is 0 Å². The summed E-state index contributed by atoms with van der Waals surface area (Å²) in [5.41, 5.74) is 6.70. The first-order valence-corrected chi connectivity index (χ1v) is 6.77. The summed E-state index contributed by atoms with van der Waals surface area (Å²) in [7, 11) is 0. The number of nitrogen functional groups attached to an aromatic ring is 1. The van der Waals surface area contributed by atoms with Crippen molar-refractivity contribution in [3.05, 3.63) is 59.1 Å². The van der Waals surface area contributed by atoms with E-state index in [1.54, 1.807) is 23.5 Å². The first-order valence-electron chi connectivity index (χ1n) is 5.96. The Kier molecular flexibility index (Phi) is 4.32. The van der Waals surface area contributed by atoms with E-state index >= 15 is 0 Å². The van der Waals surface area contributed by atoms with Crippen LogP contribution in [0.2, 0.25) is 0 Å². The van der Waals surface area contributed by atoms with Gasteiger partial charge in [0.05, 0.1) is 20.8 Å². The predicted octanol–water partition coefficient (Wildman–Crippen LogP) is 3.44. The lowest BCUT2D eigenvalue weighted by molar-refractivity contribution is 0.0574. The molecule has 3 rings (SSSR count). The molecule has 2 aromatic carbocycles. The number of rotatable bonds is 1. The van der Waals surface area contributed by atoms with Gasteiger partial charge in [-0.3, -0.25) is 0 Å². The average Bonchev–Trinajstić information content (AvgIpc) is 2.79. The van der Waals surface area contributed by atoms with Crippen molar-refractivity contribution in [3.8, 4) is 0 Å². The second-order valence-corrected chi connectivity index (χ2v) is 5.31. The quantitative estimate of drug-likeness (QED) is 0.696. The fraction of sp³-hybridized carbons (Fsp3) is 0.0667. The van der Waals surface area contributed by atoms with Crippen LogP contribution >= 0.6 is 11.3 Å². The number of nitrogens with zero attached hydrogens (tertiary/aromatic N) is 1. The molecule has 1 radical (unpaired) electrons. The van der Waals surface area contributed by atoms with Crippen LogP contribution in [0.15, 0.2) is 48.5 Å². The van der Waals surface area contributed by atoms with E-state index in [9.17, 15) is 9.90 Å². The first-order chi connectivity index (χ1) is 9.58. The smallest absolute Gasteiger partial charge is 0.388 e. The number of thiazole rings is 1. The van der Waals surface area contributed by atoms with Gasteiger partial charge in [0.1, 0.15) is 0 Å². The summed E-state index contributed by atoms with van der Waals surface area (Å²) in [4.78, 5) is 14.6. The van der Waals surface area contributed by atoms with E-state index in [-0.39, 0.29) is 11.3 Å². The highest BCUT2D eigenvalue weighted by Gasteiger charge is 2.06. The molecule has 0 bridgehead atoms. The van der Waals surface area contributed by atoms with E-state index < -0.39 is 5.97 Å². The van der Waals surface area contributed by atoms with Crippen molar-refractivity contribution in [3.63, 3.8) is 0 Å². The standard InChI is InChI=1S/C8H7NS.C7H6NO2/c1-6-9-7-4-2-3-5-8(7)10-6;8-6-4-2-1-3-5(6)7(9)10/h2-5H,1H3;1-4H,8H2. The van der Waals surface area contributed by atoms with Gasteiger partial charge in [0.2, 0.25) is 0 Å². The molecule has 0 saturated carbocycles. The van der Waals surface area contributed by atoms with Crippen LogP contribution in [0.4, 0.5) is 5.69 Å². The first kappa shape index (κ1) is 14.0. The molecule has 0 fully saturated rings. The minimum Gasteiger partial charge on any atom is -0.398 e. The minimum atomic E-state index is -1.24. The average molecular weight is 285 g/mol. The SMILES string of the molecule is Cc1nc2ccccc2s1.Nc1ccccc1C([O])=O. The summed E-state index contributed by atoms with van der Waals surface area (Å²) in [6.07, 6.45) is 0. The summed E-state index contributed by atoms with van der Waals surface area (Å²) in [6, 6.07) is 14.4. The molecule has 2 N–H and O–H groups in total. The zero-order valence-electron chi connectivity index (χ0n) is 10.9. The number of hydrogen-bond donors (Lipinski definition) is 1. The summed E-state index contributed by atoms with van der Waals surface area (Å²) in [6.45, 7) is 2.03. The number of para-hydroxylation sites is 2. The Bertz CT molecular complexity index is 704. The van der Waals surface area contributed by atoms with Crippen LogP contribution in [0.5, 0.6) is 0 Å². The Labute approximate surface area is 120 Å². The third kappa shape index (κ3) is 3.33. The van der Waals surface area contributed by atoms with Crippen molar-refractivity contribution in [2.75, 3.05) is 5.73 Å². The Morgan fingerprint density at radius 3 is 2.35 bits per heavy atom. The zero-order valence-corrected chi connectivity index (χ0v) is 11.7. The Morgan fingerprint density at radius 2 is 1.75 bits per heavy atom. The number of carbonyl (C=O) groups excluding carboxylic acids is 1. The molecule has 0 aliphatic rings. The highest BCUT2D eigenvalue weighted by molar-refractivity contribution is 7.18. The van der Waals surface area contributed by atoms with Crippen molar-refractivity contribution in [1.82, 2.24) is 4.98 Å². The van der Waals surface area contributed by atoms with Crippen molar-refractivity contribution in [2.45, 2.75) is 6.92 Å². The zero-order chi connectivity index (χ0) is 14.5. The summed E-state index contributed by atoms with van der Waals surface area (Å²) in [5.74, 6) is -1.24. The van der Waals surface area contributed by atoms with Crippen LogP contribution in [0.1, 0.15) is 15.4 Å². The van der Waals surface area contributed by atoms with Gasteiger partial charge in [0.15, 0.2) is 0 Å². The molecule has 0 saturated heterocycles. The number of fused-ring (bicyclic) bond motifs is 1. The number of anilines is 1. The maximum absolute atomic E-state index is 10.2. The van der Waals surface area contributed by atoms with Gasteiger partial charge in [-0.1, -0.05) is 24.3 Å². The Balaban J connectivity index is 0.000000147. The lowest BCUT2D eigenvalue weighted by Gasteiger charge is -1.94. The van der Waals surface area contributed by atoms with Gasteiger partial charge in [-0.2, -0.15) is 0 Å². The highest BCUT2D eigenvalue weighted by Crippen LogP contribution is 2.19. The van der Waals surface area contributed by atoms with Crippen LogP contribution in [0.25, 0.3) is 10.2 Å². The molecule has 0 unspecified atom stereocenters. The number of hydrogen-bond acceptors (Lipinski definition) is 4. The van der Waals surface area contributed by atoms with Gasteiger partial charge in [0, 0.05) is 5.69 Å². The molecule has 1 heterocycles. The predicted molar refractivity (Wildman–Crippen MR) is 80.2 cm³/mol. The van der Waals surface area contributed by atoms with Crippen LogP contribution < -0.4 is 5.73 Å². The van der Waals surface area contributed by atoms with Gasteiger partial charge in [0.25, 0.3) is 0 Å². The van der Waals surface area contributed by atoms with E-state index in [0.717, 1.165) is 10.5 Å². The molecule has 0 spiro atoms. The molecule has 0 aliphatic heterocycles. The second kappa shape index (κ2) is 6.16. The molecule has 5 heteroatoms.